The highest BCUT2D eigenvalue weighted by molar-refractivity contribution is 6.30. The summed E-state index contributed by atoms with van der Waals surface area (Å²) in [5.74, 6) is 0. The molecule has 2 heterocycles. The van der Waals surface area contributed by atoms with Gasteiger partial charge in [0.2, 0.25) is 0 Å². The molecule has 0 bridgehead atoms. The lowest BCUT2D eigenvalue weighted by Crippen LogP contribution is -2.34. The zero-order chi connectivity index (χ0) is 15.4. The standard InChI is InChI=1S/C18H16Cl2N2/c19-17-6-2-8-21(13-17)11-15-4-1-5-16(10-15)12-22-9-3-7-18(20)14-22/h1-10,13-14H,11-12H2/q+2. The monoisotopic (exact) mass is 330 g/mol. The molecule has 2 aromatic heterocycles. The summed E-state index contributed by atoms with van der Waals surface area (Å²) in [7, 11) is 0. The Bertz CT molecular complexity index is 725. The fourth-order valence-electron chi connectivity index (χ4n) is 2.42. The molecule has 3 aromatic rings. The predicted molar refractivity (Wildman–Crippen MR) is 87.9 cm³/mol. The molecule has 22 heavy (non-hydrogen) atoms. The number of aromatic nitrogens is 2. The molecule has 0 aliphatic rings. The summed E-state index contributed by atoms with van der Waals surface area (Å²) in [6.45, 7) is 1.60. The van der Waals surface area contributed by atoms with E-state index in [0.29, 0.717) is 0 Å². The highest BCUT2D eigenvalue weighted by atomic mass is 35.5. The van der Waals surface area contributed by atoms with Crippen LogP contribution in [-0.2, 0) is 13.1 Å². The van der Waals surface area contributed by atoms with Gasteiger partial charge >= 0.3 is 0 Å². The molecule has 0 atom stereocenters. The number of nitrogens with zero attached hydrogens (tertiary/aromatic N) is 2. The normalized spacial score (nSPS) is 10.6. The van der Waals surface area contributed by atoms with Crippen molar-refractivity contribution in [1.82, 2.24) is 0 Å². The van der Waals surface area contributed by atoms with Gasteiger partial charge in [0, 0.05) is 23.3 Å². The van der Waals surface area contributed by atoms with Crippen molar-refractivity contribution in [2.45, 2.75) is 13.1 Å². The number of hydrogen-bond acceptors (Lipinski definition) is 0. The number of hydrogen-bond donors (Lipinski definition) is 0. The van der Waals surface area contributed by atoms with Gasteiger partial charge in [-0.1, -0.05) is 41.4 Å². The lowest BCUT2D eigenvalue weighted by molar-refractivity contribution is -0.689. The Kier molecular flexibility index (Phi) is 4.71. The fourth-order valence-corrected chi connectivity index (χ4v) is 2.82. The van der Waals surface area contributed by atoms with Crippen molar-refractivity contribution in [3.63, 3.8) is 0 Å². The average molecular weight is 331 g/mol. The van der Waals surface area contributed by atoms with Crippen LogP contribution < -0.4 is 9.13 Å². The van der Waals surface area contributed by atoms with Gasteiger partial charge in [-0.3, -0.25) is 0 Å². The SMILES string of the molecule is Clc1ccc[n+](Cc2cccc(C[n+]3cccc(Cl)c3)c2)c1. The first kappa shape index (κ1) is 15.0. The van der Waals surface area contributed by atoms with Crippen molar-refractivity contribution in [2.75, 3.05) is 0 Å². The molecule has 110 valence electrons. The van der Waals surface area contributed by atoms with Gasteiger partial charge < -0.3 is 0 Å². The lowest BCUT2D eigenvalue weighted by atomic mass is 10.1. The predicted octanol–water partition coefficient (Wildman–Crippen LogP) is 3.67. The summed E-state index contributed by atoms with van der Waals surface area (Å²) in [5.41, 5.74) is 2.49. The van der Waals surface area contributed by atoms with Crippen LogP contribution in [0, 0.1) is 0 Å². The van der Waals surface area contributed by atoms with Crippen LogP contribution in [0.15, 0.2) is 73.3 Å². The molecule has 0 N–H and O–H groups in total. The van der Waals surface area contributed by atoms with Gasteiger partial charge in [0.15, 0.2) is 37.9 Å². The zero-order valence-electron chi connectivity index (χ0n) is 12.0. The Morgan fingerprint density at radius 2 is 1.18 bits per heavy atom. The van der Waals surface area contributed by atoms with Crippen LogP contribution in [-0.4, -0.2) is 0 Å². The molecule has 0 aliphatic carbocycles. The molecule has 0 spiro atoms. The highest BCUT2D eigenvalue weighted by Gasteiger charge is 2.07. The van der Waals surface area contributed by atoms with Gasteiger partial charge in [0.1, 0.15) is 10.0 Å². The van der Waals surface area contributed by atoms with Crippen molar-refractivity contribution in [2.24, 2.45) is 0 Å². The van der Waals surface area contributed by atoms with Crippen LogP contribution >= 0.6 is 23.2 Å². The molecule has 0 aliphatic heterocycles. The Morgan fingerprint density at radius 3 is 1.64 bits per heavy atom. The largest absolute Gasteiger partial charge is 0.199 e. The highest BCUT2D eigenvalue weighted by Crippen LogP contribution is 2.08. The van der Waals surface area contributed by atoms with E-state index in [-0.39, 0.29) is 0 Å². The van der Waals surface area contributed by atoms with Crippen LogP contribution in [0.3, 0.4) is 0 Å². The molecule has 0 amide bonds. The lowest BCUT2D eigenvalue weighted by Gasteiger charge is -2.02. The van der Waals surface area contributed by atoms with E-state index in [1.54, 1.807) is 0 Å². The summed E-state index contributed by atoms with van der Waals surface area (Å²) in [6, 6.07) is 16.2. The molecule has 1 aromatic carbocycles. The van der Waals surface area contributed by atoms with Crippen LogP contribution in [0.25, 0.3) is 0 Å². The van der Waals surface area contributed by atoms with Crippen LogP contribution in [0.4, 0.5) is 0 Å². The van der Waals surface area contributed by atoms with Gasteiger partial charge in [-0.05, 0) is 18.2 Å². The average Bonchev–Trinajstić information content (AvgIpc) is 2.47. The maximum atomic E-state index is 6.03. The summed E-state index contributed by atoms with van der Waals surface area (Å²) >= 11 is 12.1. The molecule has 3 rings (SSSR count). The maximum Gasteiger partial charge on any atom is 0.187 e. The first-order valence-electron chi connectivity index (χ1n) is 7.06. The van der Waals surface area contributed by atoms with E-state index >= 15 is 0 Å². The van der Waals surface area contributed by atoms with E-state index < -0.39 is 0 Å². The van der Waals surface area contributed by atoms with E-state index in [4.69, 9.17) is 23.2 Å². The Hall–Kier alpha value is -1.90. The Balaban J connectivity index is 1.78. The molecular formula is C18H16Cl2N2+2. The van der Waals surface area contributed by atoms with E-state index in [0.717, 1.165) is 23.1 Å². The summed E-state index contributed by atoms with van der Waals surface area (Å²) in [4.78, 5) is 0. The van der Waals surface area contributed by atoms with Crippen molar-refractivity contribution < 1.29 is 9.13 Å². The van der Waals surface area contributed by atoms with Gasteiger partial charge in [-0.25, -0.2) is 0 Å². The Labute approximate surface area is 140 Å². The quantitative estimate of drug-likeness (QED) is 0.645. The van der Waals surface area contributed by atoms with E-state index in [1.165, 1.54) is 11.1 Å². The Morgan fingerprint density at radius 1 is 0.682 bits per heavy atom. The second-order valence-corrected chi connectivity index (χ2v) is 6.08. The molecule has 4 heteroatoms. The van der Waals surface area contributed by atoms with Crippen molar-refractivity contribution in [1.29, 1.82) is 0 Å². The van der Waals surface area contributed by atoms with Crippen LogP contribution in [0.2, 0.25) is 10.0 Å². The third kappa shape index (κ3) is 4.06. The van der Waals surface area contributed by atoms with E-state index in [1.807, 2.05) is 49.1 Å². The summed E-state index contributed by atoms with van der Waals surface area (Å²) in [5, 5.41) is 1.49. The third-order valence-electron chi connectivity index (χ3n) is 3.37. The topological polar surface area (TPSA) is 7.76 Å². The second-order valence-electron chi connectivity index (χ2n) is 5.21. The molecular weight excluding hydrogens is 315 g/mol. The zero-order valence-corrected chi connectivity index (χ0v) is 13.5. The van der Waals surface area contributed by atoms with Crippen LogP contribution in [0.1, 0.15) is 11.1 Å². The minimum Gasteiger partial charge on any atom is -0.199 e. The van der Waals surface area contributed by atoms with Crippen molar-refractivity contribution in [3.05, 3.63) is 94.5 Å². The van der Waals surface area contributed by atoms with Crippen molar-refractivity contribution in [3.8, 4) is 0 Å². The minimum atomic E-state index is 0.744. The van der Waals surface area contributed by atoms with E-state index in [9.17, 15) is 0 Å². The number of halogens is 2. The molecule has 0 fully saturated rings. The second kappa shape index (κ2) is 6.91. The first-order valence-corrected chi connectivity index (χ1v) is 7.82. The van der Waals surface area contributed by atoms with E-state index in [2.05, 4.69) is 33.4 Å². The minimum absolute atomic E-state index is 0.744. The molecule has 2 nitrogen and oxygen atoms in total. The summed E-state index contributed by atoms with van der Waals surface area (Å²) < 4.78 is 4.15. The number of benzene rings is 1. The van der Waals surface area contributed by atoms with Gasteiger partial charge in [-0.2, -0.15) is 9.13 Å². The smallest absolute Gasteiger partial charge is 0.187 e. The summed E-state index contributed by atoms with van der Waals surface area (Å²) in [6.07, 6.45) is 7.90. The third-order valence-corrected chi connectivity index (χ3v) is 3.81. The number of pyridine rings is 2. The van der Waals surface area contributed by atoms with Crippen molar-refractivity contribution >= 4 is 23.2 Å². The van der Waals surface area contributed by atoms with Gasteiger partial charge in [-0.15, -0.1) is 0 Å². The van der Waals surface area contributed by atoms with Gasteiger partial charge in [0.25, 0.3) is 0 Å². The number of rotatable bonds is 4. The maximum absolute atomic E-state index is 6.03. The molecule has 0 saturated carbocycles. The molecule has 0 unspecified atom stereocenters. The fraction of sp³-hybridized carbons (Fsp3) is 0.111. The molecule has 0 radical (unpaired) electrons. The van der Waals surface area contributed by atoms with Gasteiger partial charge in [0.05, 0.1) is 0 Å². The van der Waals surface area contributed by atoms with Crippen LogP contribution in [0.5, 0.6) is 0 Å². The molecule has 0 saturated heterocycles. The first-order chi connectivity index (χ1) is 10.7.